The molecule has 2 aromatic carbocycles. The second kappa shape index (κ2) is 8.41. The van der Waals surface area contributed by atoms with E-state index in [-0.39, 0.29) is 24.0 Å². The normalized spacial score (nSPS) is 10.4. The summed E-state index contributed by atoms with van der Waals surface area (Å²) in [5.74, 6) is -0.345. The average Bonchev–Trinajstić information content (AvgIpc) is 3.18. The molecule has 0 saturated carbocycles. The first-order valence-electron chi connectivity index (χ1n) is 7.98. The third kappa shape index (κ3) is 4.89. The highest BCUT2D eigenvalue weighted by Gasteiger charge is 2.18. The molecule has 0 atom stereocenters. The van der Waals surface area contributed by atoms with E-state index in [2.05, 4.69) is 0 Å². The van der Waals surface area contributed by atoms with Gasteiger partial charge in [0.15, 0.2) is 6.61 Å². The van der Waals surface area contributed by atoms with Crippen LogP contribution >= 0.6 is 11.3 Å². The van der Waals surface area contributed by atoms with Crippen molar-refractivity contribution in [1.82, 2.24) is 0 Å². The van der Waals surface area contributed by atoms with Crippen LogP contribution in [-0.2, 0) is 11.3 Å². The number of benzene rings is 2. The fourth-order valence-corrected chi connectivity index (χ4v) is 3.08. The number of amides is 1. The fourth-order valence-electron chi connectivity index (χ4n) is 2.39. The second-order valence-electron chi connectivity index (χ2n) is 5.58. The monoisotopic (exact) mass is 386 g/mol. The summed E-state index contributed by atoms with van der Waals surface area (Å²) in [6.07, 6.45) is 0. The summed E-state index contributed by atoms with van der Waals surface area (Å²) in [5.41, 5.74) is 0.501. The van der Waals surface area contributed by atoms with Gasteiger partial charge in [-0.25, -0.2) is 4.39 Å². The van der Waals surface area contributed by atoms with Crippen molar-refractivity contribution < 1.29 is 18.8 Å². The number of nitro groups is 1. The molecule has 138 valence electrons. The van der Waals surface area contributed by atoms with E-state index in [0.717, 1.165) is 4.88 Å². The Bertz CT molecular complexity index is 912. The largest absolute Gasteiger partial charge is 0.484 e. The number of halogens is 1. The molecule has 0 fully saturated rings. The summed E-state index contributed by atoms with van der Waals surface area (Å²) in [6, 6.07) is 14.9. The lowest BCUT2D eigenvalue weighted by atomic mass is 10.2. The summed E-state index contributed by atoms with van der Waals surface area (Å²) < 4.78 is 18.7. The minimum Gasteiger partial charge on any atom is -0.484 e. The van der Waals surface area contributed by atoms with Crippen LogP contribution in [0.3, 0.4) is 0 Å². The number of thiophene rings is 1. The molecule has 1 aromatic heterocycles. The molecule has 27 heavy (non-hydrogen) atoms. The number of carbonyl (C=O) groups is 1. The van der Waals surface area contributed by atoms with Crippen LogP contribution in [0.5, 0.6) is 5.75 Å². The van der Waals surface area contributed by atoms with E-state index in [9.17, 15) is 19.3 Å². The lowest BCUT2D eigenvalue weighted by Crippen LogP contribution is -2.34. The van der Waals surface area contributed by atoms with Crippen LogP contribution in [0.25, 0.3) is 0 Å². The van der Waals surface area contributed by atoms with Crippen LogP contribution < -0.4 is 9.64 Å². The number of hydrogen-bond donors (Lipinski definition) is 0. The number of hydrogen-bond acceptors (Lipinski definition) is 5. The molecule has 6 nitrogen and oxygen atoms in total. The molecule has 0 spiro atoms. The van der Waals surface area contributed by atoms with Crippen molar-refractivity contribution >= 4 is 28.6 Å². The van der Waals surface area contributed by atoms with Crippen LogP contribution in [0.15, 0.2) is 66.0 Å². The molecular formula is C19H15FN2O4S. The number of ether oxygens (including phenoxy) is 1. The van der Waals surface area contributed by atoms with Crippen molar-refractivity contribution in [3.05, 3.63) is 86.9 Å². The van der Waals surface area contributed by atoms with E-state index in [1.807, 2.05) is 17.5 Å². The fraction of sp³-hybridized carbons (Fsp3) is 0.105. The molecule has 0 aliphatic carbocycles. The predicted molar refractivity (Wildman–Crippen MR) is 101 cm³/mol. The van der Waals surface area contributed by atoms with Gasteiger partial charge in [-0.3, -0.25) is 14.9 Å². The zero-order chi connectivity index (χ0) is 19.2. The van der Waals surface area contributed by atoms with Gasteiger partial charge in [0.1, 0.15) is 11.6 Å². The Morgan fingerprint density at radius 1 is 1.11 bits per heavy atom. The Morgan fingerprint density at radius 3 is 2.41 bits per heavy atom. The van der Waals surface area contributed by atoms with Crippen molar-refractivity contribution in [2.45, 2.75) is 6.54 Å². The van der Waals surface area contributed by atoms with Gasteiger partial charge in [0.05, 0.1) is 11.5 Å². The van der Waals surface area contributed by atoms with Gasteiger partial charge in [0.25, 0.3) is 11.6 Å². The summed E-state index contributed by atoms with van der Waals surface area (Å²) in [6.45, 7) is 0.0896. The van der Waals surface area contributed by atoms with Crippen molar-refractivity contribution in [3.8, 4) is 5.75 Å². The number of rotatable bonds is 7. The van der Waals surface area contributed by atoms with Crippen LogP contribution in [0.2, 0.25) is 0 Å². The van der Waals surface area contributed by atoms with Gasteiger partial charge in [-0.2, -0.15) is 0 Å². The van der Waals surface area contributed by atoms with E-state index in [1.54, 1.807) is 0 Å². The third-order valence-electron chi connectivity index (χ3n) is 3.74. The van der Waals surface area contributed by atoms with E-state index < -0.39 is 4.92 Å². The van der Waals surface area contributed by atoms with Crippen LogP contribution in [0.1, 0.15) is 4.88 Å². The van der Waals surface area contributed by atoms with E-state index in [1.165, 1.54) is 64.8 Å². The van der Waals surface area contributed by atoms with Crippen molar-refractivity contribution in [1.29, 1.82) is 0 Å². The third-order valence-corrected chi connectivity index (χ3v) is 4.60. The second-order valence-corrected chi connectivity index (χ2v) is 6.61. The lowest BCUT2D eigenvalue weighted by Gasteiger charge is -2.22. The number of carbonyl (C=O) groups excluding carboxylic acids is 1. The summed E-state index contributed by atoms with van der Waals surface area (Å²) >= 11 is 1.51. The maximum Gasteiger partial charge on any atom is 0.269 e. The molecule has 1 heterocycles. The Hall–Kier alpha value is -3.26. The van der Waals surface area contributed by atoms with Gasteiger partial charge in [-0.1, -0.05) is 6.07 Å². The SMILES string of the molecule is O=C(COc1ccc([N+](=O)[O-])cc1)N(Cc1cccs1)c1ccc(F)cc1. The van der Waals surface area contributed by atoms with E-state index in [4.69, 9.17) is 4.74 Å². The maximum atomic E-state index is 13.2. The number of anilines is 1. The van der Waals surface area contributed by atoms with Crippen molar-refractivity contribution in [3.63, 3.8) is 0 Å². The Morgan fingerprint density at radius 2 is 1.81 bits per heavy atom. The van der Waals surface area contributed by atoms with Gasteiger partial charge in [-0.15, -0.1) is 11.3 Å². The van der Waals surface area contributed by atoms with E-state index >= 15 is 0 Å². The first-order valence-corrected chi connectivity index (χ1v) is 8.86. The van der Waals surface area contributed by atoms with Gasteiger partial charge in [0.2, 0.25) is 0 Å². The zero-order valence-electron chi connectivity index (χ0n) is 14.1. The molecule has 0 aliphatic heterocycles. The van der Waals surface area contributed by atoms with Crippen LogP contribution in [-0.4, -0.2) is 17.4 Å². The molecule has 1 amide bonds. The van der Waals surface area contributed by atoms with Gasteiger partial charge in [0, 0.05) is 22.7 Å². The molecule has 0 saturated heterocycles. The molecule has 8 heteroatoms. The molecule has 0 unspecified atom stereocenters. The molecule has 0 radical (unpaired) electrons. The zero-order valence-corrected chi connectivity index (χ0v) is 14.9. The van der Waals surface area contributed by atoms with Gasteiger partial charge >= 0.3 is 0 Å². The highest BCUT2D eigenvalue weighted by atomic mass is 32.1. The van der Waals surface area contributed by atoms with Gasteiger partial charge < -0.3 is 9.64 Å². The number of nitrogens with zero attached hydrogens (tertiary/aromatic N) is 2. The topological polar surface area (TPSA) is 72.7 Å². The first kappa shape index (κ1) is 18.5. The Balaban J connectivity index is 1.72. The smallest absolute Gasteiger partial charge is 0.269 e. The molecule has 0 bridgehead atoms. The highest BCUT2D eigenvalue weighted by Crippen LogP contribution is 2.22. The highest BCUT2D eigenvalue weighted by molar-refractivity contribution is 7.09. The lowest BCUT2D eigenvalue weighted by molar-refractivity contribution is -0.384. The maximum absolute atomic E-state index is 13.2. The standard InChI is InChI=1S/C19H15FN2O4S/c20-14-3-5-15(6-4-14)21(12-18-2-1-11-27-18)19(23)13-26-17-9-7-16(8-10-17)22(24)25/h1-11H,12-13H2. The van der Waals surface area contributed by atoms with Crippen molar-refractivity contribution in [2.75, 3.05) is 11.5 Å². The molecular weight excluding hydrogens is 371 g/mol. The summed E-state index contributed by atoms with van der Waals surface area (Å²) in [5, 5.41) is 12.6. The number of non-ortho nitro benzene ring substituents is 1. The summed E-state index contributed by atoms with van der Waals surface area (Å²) in [7, 11) is 0. The van der Waals surface area contributed by atoms with Gasteiger partial charge in [-0.05, 0) is 47.8 Å². The number of nitro benzene ring substituents is 1. The molecule has 0 N–H and O–H groups in total. The molecule has 0 aliphatic rings. The average molecular weight is 386 g/mol. The quantitative estimate of drug-likeness (QED) is 0.445. The summed E-state index contributed by atoms with van der Waals surface area (Å²) in [4.78, 5) is 25.4. The molecule has 3 aromatic rings. The first-order chi connectivity index (χ1) is 13.0. The minimum atomic E-state index is -0.508. The Kier molecular flexibility index (Phi) is 5.77. The van der Waals surface area contributed by atoms with Crippen LogP contribution in [0.4, 0.5) is 15.8 Å². The minimum absolute atomic E-state index is 0.0562. The Labute approximate surface area is 158 Å². The molecule has 3 rings (SSSR count). The van der Waals surface area contributed by atoms with Crippen molar-refractivity contribution in [2.24, 2.45) is 0 Å². The van der Waals surface area contributed by atoms with E-state index in [0.29, 0.717) is 18.0 Å². The van der Waals surface area contributed by atoms with Crippen LogP contribution in [0, 0.1) is 15.9 Å². The predicted octanol–water partition coefficient (Wildman–Crippen LogP) is 4.41.